The van der Waals surface area contributed by atoms with Gasteiger partial charge >= 0.3 is 6.09 Å². The molecule has 0 radical (unpaired) electrons. The number of hydrogen-bond acceptors (Lipinski definition) is 2. The van der Waals surface area contributed by atoms with Crippen LogP contribution in [0.25, 0.3) is 0 Å². The zero-order valence-corrected chi connectivity index (χ0v) is 15.0. The zero-order chi connectivity index (χ0) is 17.4. The molecule has 1 unspecified atom stereocenters. The number of imidazole rings is 1. The van der Waals surface area contributed by atoms with Gasteiger partial charge in [-0.3, -0.25) is 4.90 Å². The molecule has 1 atom stereocenters. The van der Waals surface area contributed by atoms with E-state index >= 15 is 0 Å². The predicted octanol–water partition coefficient (Wildman–Crippen LogP) is 4.13. The Labute approximate surface area is 146 Å². The molecular weight excluding hydrogens is 326 g/mol. The van der Waals surface area contributed by atoms with E-state index in [0.29, 0.717) is 24.7 Å². The van der Waals surface area contributed by atoms with E-state index in [1.165, 1.54) is 21.6 Å². The van der Waals surface area contributed by atoms with Crippen LogP contribution < -0.4 is 0 Å². The van der Waals surface area contributed by atoms with Gasteiger partial charge in [-0.15, -0.1) is 0 Å². The van der Waals surface area contributed by atoms with Crippen LogP contribution in [0, 0.1) is 20.8 Å². The van der Waals surface area contributed by atoms with Crippen LogP contribution in [0.5, 0.6) is 0 Å². The van der Waals surface area contributed by atoms with Gasteiger partial charge in [0.05, 0.1) is 11.7 Å². The van der Waals surface area contributed by atoms with Crippen molar-refractivity contribution in [2.45, 2.75) is 46.2 Å². The van der Waals surface area contributed by atoms with Gasteiger partial charge in [0.2, 0.25) is 0 Å². The fraction of sp³-hybridized carbons (Fsp3) is 0.444. The van der Waals surface area contributed by atoms with Gasteiger partial charge in [0.15, 0.2) is 5.15 Å². The van der Waals surface area contributed by atoms with Crippen LogP contribution in [-0.4, -0.2) is 32.2 Å². The molecule has 24 heavy (non-hydrogen) atoms. The number of aryl methyl sites for hydroxylation is 4. The molecule has 1 aliphatic rings. The van der Waals surface area contributed by atoms with Crippen molar-refractivity contribution in [3.05, 3.63) is 51.6 Å². The normalized spacial score (nSPS) is 17.0. The summed E-state index contributed by atoms with van der Waals surface area (Å²) in [5, 5.41) is 9.98. The van der Waals surface area contributed by atoms with Gasteiger partial charge in [-0.1, -0.05) is 29.8 Å². The number of aromatic nitrogens is 2. The van der Waals surface area contributed by atoms with Gasteiger partial charge in [-0.2, -0.15) is 0 Å². The van der Waals surface area contributed by atoms with Crippen LogP contribution in [-0.2, 0) is 13.0 Å². The van der Waals surface area contributed by atoms with Crippen molar-refractivity contribution < 1.29 is 9.90 Å². The summed E-state index contributed by atoms with van der Waals surface area (Å²) in [4.78, 5) is 17.5. The highest BCUT2D eigenvalue weighted by Crippen LogP contribution is 2.35. The predicted molar refractivity (Wildman–Crippen MR) is 93.7 cm³/mol. The summed E-state index contributed by atoms with van der Waals surface area (Å²) in [6.07, 6.45) is 0.594. The molecule has 5 nitrogen and oxygen atoms in total. The molecule has 0 saturated carbocycles. The molecule has 6 heteroatoms. The first-order valence-corrected chi connectivity index (χ1v) is 8.54. The highest BCUT2D eigenvalue weighted by molar-refractivity contribution is 6.30. The third-order valence-electron chi connectivity index (χ3n) is 4.93. The van der Waals surface area contributed by atoms with Crippen molar-refractivity contribution in [3.8, 4) is 0 Å². The lowest BCUT2D eigenvalue weighted by Crippen LogP contribution is -2.41. The highest BCUT2D eigenvalue weighted by Gasteiger charge is 2.34. The van der Waals surface area contributed by atoms with E-state index in [1.807, 2.05) is 11.5 Å². The van der Waals surface area contributed by atoms with E-state index in [4.69, 9.17) is 11.6 Å². The molecular formula is C18H22ClN3O2. The largest absolute Gasteiger partial charge is 0.465 e. The standard InChI is InChI=1S/C18H22ClN3O2/c1-11-4-5-14(10-12(11)2)6-7-15-16-17(19)20-13(3)21(16)8-9-22(15)18(23)24/h4-5,10,15H,6-9H2,1-3H3,(H,23,24). The Kier molecular flexibility index (Phi) is 4.54. The second-order valence-corrected chi connectivity index (χ2v) is 6.79. The van der Waals surface area contributed by atoms with Crippen molar-refractivity contribution >= 4 is 17.7 Å². The first-order valence-electron chi connectivity index (χ1n) is 8.16. The summed E-state index contributed by atoms with van der Waals surface area (Å²) >= 11 is 6.30. The molecule has 0 spiro atoms. The molecule has 2 aromatic rings. The molecule has 1 amide bonds. The summed E-state index contributed by atoms with van der Waals surface area (Å²) in [7, 11) is 0. The van der Waals surface area contributed by atoms with Crippen LogP contribution in [0.4, 0.5) is 4.79 Å². The average Bonchev–Trinajstić information content (AvgIpc) is 2.83. The molecule has 1 N–H and O–H groups in total. The number of carbonyl (C=O) groups is 1. The SMILES string of the molecule is Cc1ccc(CCC2c3c(Cl)nc(C)n3CCN2C(=O)O)cc1C. The zero-order valence-electron chi connectivity index (χ0n) is 14.2. The average molecular weight is 348 g/mol. The van der Waals surface area contributed by atoms with Gasteiger partial charge in [-0.05, 0) is 50.3 Å². The molecule has 0 aliphatic carbocycles. The number of fused-ring (bicyclic) bond motifs is 1. The van der Waals surface area contributed by atoms with Crippen molar-refractivity contribution in [2.75, 3.05) is 6.54 Å². The number of rotatable bonds is 3. The molecule has 0 saturated heterocycles. The third-order valence-corrected chi connectivity index (χ3v) is 5.21. The highest BCUT2D eigenvalue weighted by atomic mass is 35.5. The Balaban J connectivity index is 1.88. The second kappa shape index (κ2) is 6.48. The summed E-state index contributed by atoms with van der Waals surface area (Å²) < 4.78 is 2.05. The molecule has 0 fully saturated rings. The summed E-state index contributed by atoms with van der Waals surface area (Å²) in [6, 6.07) is 6.14. The molecule has 128 valence electrons. The van der Waals surface area contributed by atoms with E-state index < -0.39 is 6.09 Å². The van der Waals surface area contributed by atoms with Gasteiger partial charge < -0.3 is 9.67 Å². The van der Waals surface area contributed by atoms with Crippen molar-refractivity contribution in [3.63, 3.8) is 0 Å². The number of hydrogen-bond donors (Lipinski definition) is 1. The number of amides is 1. The van der Waals surface area contributed by atoms with Gasteiger partial charge in [-0.25, -0.2) is 9.78 Å². The first-order chi connectivity index (χ1) is 11.4. The Morgan fingerprint density at radius 3 is 2.71 bits per heavy atom. The summed E-state index contributed by atoms with van der Waals surface area (Å²) in [5.41, 5.74) is 4.56. The minimum Gasteiger partial charge on any atom is -0.465 e. The maximum absolute atomic E-state index is 11.7. The number of benzene rings is 1. The topological polar surface area (TPSA) is 58.4 Å². The van der Waals surface area contributed by atoms with Gasteiger partial charge in [0.1, 0.15) is 5.82 Å². The lowest BCUT2D eigenvalue weighted by molar-refractivity contribution is 0.106. The lowest BCUT2D eigenvalue weighted by Gasteiger charge is -2.35. The Morgan fingerprint density at radius 1 is 1.29 bits per heavy atom. The van der Waals surface area contributed by atoms with Crippen LogP contribution in [0.1, 0.15) is 40.7 Å². The fourth-order valence-corrected chi connectivity index (χ4v) is 3.79. The molecule has 3 rings (SSSR count). The molecule has 1 aromatic heterocycles. The van der Waals surface area contributed by atoms with E-state index in [0.717, 1.165) is 17.9 Å². The Hall–Kier alpha value is -2.01. The Bertz CT molecular complexity index is 785. The summed E-state index contributed by atoms with van der Waals surface area (Å²) in [6.45, 7) is 7.17. The van der Waals surface area contributed by atoms with Crippen molar-refractivity contribution in [1.82, 2.24) is 14.5 Å². The lowest BCUT2D eigenvalue weighted by atomic mass is 9.98. The van der Waals surface area contributed by atoms with E-state index in [9.17, 15) is 9.90 Å². The summed E-state index contributed by atoms with van der Waals surface area (Å²) in [5.74, 6) is 0.844. The van der Waals surface area contributed by atoms with E-state index in [-0.39, 0.29) is 6.04 Å². The molecule has 0 bridgehead atoms. The Morgan fingerprint density at radius 2 is 2.04 bits per heavy atom. The number of halogens is 1. The number of carboxylic acid groups (broad SMARTS) is 1. The first kappa shape index (κ1) is 16.8. The van der Waals surface area contributed by atoms with Crippen LogP contribution >= 0.6 is 11.6 Å². The fourth-order valence-electron chi connectivity index (χ4n) is 3.44. The molecule has 2 heterocycles. The van der Waals surface area contributed by atoms with E-state index in [2.05, 4.69) is 37.0 Å². The van der Waals surface area contributed by atoms with Gasteiger partial charge in [0.25, 0.3) is 0 Å². The van der Waals surface area contributed by atoms with Crippen LogP contribution in [0.3, 0.4) is 0 Å². The third kappa shape index (κ3) is 3.00. The van der Waals surface area contributed by atoms with Crippen molar-refractivity contribution in [2.24, 2.45) is 0 Å². The van der Waals surface area contributed by atoms with Gasteiger partial charge in [0, 0.05) is 13.1 Å². The molecule has 1 aromatic carbocycles. The molecule has 1 aliphatic heterocycles. The van der Waals surface area contributed by atoms with E-state index in [1.54, 1.807) is 0 Å². The quantitative estimate of drug-likeness (QED) is 0.908. The number of nitrogens with zero attached hydrogens (tertiary/aromatic N) is 3. The van der Waals surface area contributed by atoms with Crippen molar-refractivity contribution in [1.29, 1.82) is 0 Å². The smallest absolute Gasteiger partial charge is 0.407 e. The maximum Gasteiger partial charge on any atom is 0.407 e. The van der Waals surface area contributed by atoms with Crippen LogP contribution in [0.2, 0.25) is 5.15 Å². The maximum atomic E-state index is 11.7. The monoisotopic (exact) mass is 347 g/mol. The minimum absolute atomic E-state index is 0.258. The van der Waals surface area contributed by atoms with Crippen LogP contribution in [0.15, 0.2) is 18.2 Å². The second-order valence-electron chi connectivity index (χ2n) is 6.44. The minimum atomic E-state index is -0.902.